The molecule has 1 aliphatic heterocycles. The Hall–Kier alpha value is -2.54. The van der Waals surface area contributed by atoms with E-state index in [4.69, 9.17) is 0 Å². The summed E-state index contributed by atoms with van der Waals surface area (Å²) in [7, 11) is 0. The number of hydrogen-bond acceptors (Lipinski definition) is 3. The average Bonchev–Trinajstić information content (AvgIpc) is 2.51. The van der Waals surface area contributed by atoms with Crippen molar-refractivity contribution in [2.75, 3.05) is 16.8 Å². The summed E-state index contributed by atoms with van der Waals surface area (Å²) >= 11 is 3.15. The van der Waals surface area contributed by atoms with E-state index in [1.807, 2.05) is 0 Å². The zero-order valence-corrected chi connectivity index (χ0v) is 14.2. The van der Waals surface area contributed by atoms with Gasteiger partial charge in [-0.05, 0) is 43.3 Å². The first-order valence-corrected chi connectivity index (χ1v) is 7.87. The molecule has 2 aromatic carbocycles. The molecule has 1 heterocycles. The molecule has 0 radical (unpaired) electrons. The van der Waals surface area contributed by atoms with E-state index in [0.717, 1.165) is 6.07 Å². The van der Waals surface area contributed by atoms with Crippen LogP contribution in [0.25, 0.3) is 0 Å². The standard InChI is InChI=1S/C17H12BrFN2O3/c1-9(22)10-2-3-15-14(6-10)20-16(23)8-21(15)17(24)11-4-12(18)7-13(19)5-11/h2-7H,8H2,1H3,(H,20,23). The van der Waals surface area contributed by atoms with Crippen molar-refractivity contribution in [1.82, 2.24) is 0 Å². The van der Waals surface area contributed by atoms with Gasteiger partial charge in [0.1, 0.15) is 12.4 Å². The molecule has 0 aromatic heterocycles. The van der Waals surface area contributed by atoms with E-state index in [2.05, 4.69) is 21.2 Å². The molecule has 0 saturated carbocycles. The number of nitrogens with one attached hydrogen (secondary N) is 1. The number of carbonyl (C=O) groups excluding carboxylic acids is 3. The Bertz CT molecular complexity index is 862. The highest BCUT2D eigenvalue weighted by molar-refractivity contribution is 9.10. The monoisotopic (exact) mass is 390 g/mol. The molecular formula is C17H12BrFN2O3. The molecule has 0 fully saturated rings. The highest BCUT2D eigenvalue weighted by Crippen LogP contribution is 2.32. The van der Waals surface area contributed by atoms with Crippen molar-refractivity contribution in [2.24, 2.45) is 0 Å². The number of Topliss-reactive ketones (excluding diaryl/α,β-unsaturated/α-hetero) is 1. The molecule has 0 unspecified atom stereocenters. The van der Waals surface area contributed by atoms with Crippen LogP contribution >= 0.6 is 15.9 Å². The molecule has 7 heteroatoms. The van der Waals surface area contributed by atoms with Crippen molar-refractivity contribution in [3.05, 3.63) is 57.8 Å². The van der Waals surface area contributed by atoms with Crippen LogP contribution in [0.1, 0.15) is 27.6 Å². The summed E-state index contributed by atoms with van der Waals surface area (Å²) in [5.74, 6) is -1.58. The Morgan fingerprint density at radius 3 is 2.58 bits per heavy atom. The molecule has 24 heavy (non-hydrogen) atoms. The number of ketones is 1. The first-order valence-electron chi connectivity index (χ1n) is 7.08. The van der Waals surface area contributed by atoms with E-state index >= 15 is 0 Å². The number of amides is 2. The van der Waals surface area contributed by atoms with Gasteiger partial charge in [0.05, 0.1) is 11.4 Å². The molecular weight excluding hydrogens is 379 g/mol. The third-order valence-electron chi connectivity index (χ3n) is 3.62. The van der Waals surface area contributed by atoms with Gasteiger partial charge in [0.2, 0.25) is 5.91 Å². The topological polar surface area (TPSA) is 66.5 Å². The Morgan fingerprint density at radius 2 is 1.92 bits per heavy atom. The maximum absolute atomic E-state index is 13.6. The first-order chi connectivity index (χ1) is 11.3. The second kappa shape index (κ2) is 6.16. The van der Waals surface area contributed by atoms with Gasteiger partial charge in [-0.25, -0.2) is 4.39 Å². The largest absolute Gasteiger partial charge is 0.323 e. The van der Waals surface area contributed by atoms with Crippen LogP contribution in [-0.2, 0) is 4.79 Å². The van der Waals surface area contributed by atoms with Crippen molar-refractivity contribution in [1.29, 1.82) is 0 Å². The third kappa shape index (κ3) is 3.07. The number of rotatable bonds is 2. The summed E-state index contributed by atoms with van der Waals surface area (Å²) in [4.78, 5) is 37.4. The third-order valence-corrected chi connectivity index (χ3v) is 4.08. The molecule has 0 bridgehead atoms. The number of halogens is 2. The van der Waals surface area contributed by atoms with Crippen LogP contribution in [0.5, 0.6) is 0 Å². The van der Waals surface area contributed by atoms with Crippen LogP contribution in [0.2, 0.25) is 0 Å². The van der Waals surface area contributed by atoms with Gasteiger partial charge in [-0.3, -0.25) is 19.3 Å². The number of anilines is 2. The van der Waals surface area contributed by atoms with E-state index in [0.29, 0.717) is 21.4 Å². The van der Waals surface area contributed by atoms with Gasteiger partial charge < -0.3 is 5.32 Å². The van der Waals surface area contributed by atoms with Crippen molar-refractivity contribution in [2.45, 2.75) is 6.92 Å². The number of hydrogen-bond donors (Lipinski definition) is 1. The number of nitrogens with zero attached hydrogens (tertiary/aromatic N) is 1. The predicted molar refractivity (Wildman–Crippen MR) is 90.9 cm³/mol. The Balaban J connectivity index is 2.04. The maximum Gasteiger partial charge on any atom is 0.258 e. The van der Waals surface area contributed by atoms with Crippen molar-refractivity contribution >= 4 is 44.9 Å². The van der Waals surface area contributed by atoms with Gasteiger partial charge in [-0.2, -0.15) is 0 Å². The minimum atomic E-state index is -0.554. The fourth-order valence-corrected chi connectivity index (χ4v) is 2.99. The quantitative estimate of drug-likeness (QED) is 0.799. The molecule has 0 atom stereocenters. The highest BCUT2D eigenvalue weighted by Gasteiger charge is 2.28. The summed E-state index contributed by atoms with van der Waals surface area (Å²) in [5, 5.41) is 2.65. The molecule has 2 aromatic rings. The highest BCUT2D eigenvalue weighted by atomic mass is 79.9. The normalized spacial score (nSPS) is 13.3. The number of carbonyl (C=O) groups is 3. The van der Waals surface area contributed by atoms with E-state index in [9.17, 15) is 18.8 Å². The van der Waals surface area contributed by atoms with Crippen molar-refractivity contribution in [3.8, 4) is 0 Å². The summed E-state index contributed by atoms with van der Waals surface area (Å²) in [6, 6.07) is 8.55. The van der Waals surface area contributed by atoms with Gasteiger partial charge in [-0.15, -0.1) is 0 Å². The Labute approximate surface area is 145 Å². The lowest BCUT2D eigenvalue weighted by Gasteiger charge is -2.29. The van der Waals surface area contributed by atoms with Crippen LogP contribution in [0, 0.1) is 5.82 Å². The summed E-state index contributed by atoms with van der Waals surface area (Å²) in [6.07, 6.45) is 0. The molecule has 1 aliphatic rings. The minimum Gasteiger partial charge on any atom is -0.323 e. The summed E-state index contributed by atoms with van der Waals surface area (Å²) < 4.78 is 14.0. The second-order valence-corrected chi connectivity index (χ2v) is 6.30. The fourth-order valence-electron chi connectivity index (χ4n) is 2.52. The zero-order chi connectivity index (χ0) is 17.4. The molecule has 0 saturated heterocycles. The van der Waals surface area contributed by atoms with Gasteiger partial charge in [0.15, 0.2) is 5.78 Å². The Morgan fingerprint density at radius 1 is 1.17 bits per heavy atom. The average molecular weight is 391 g/mol. The first kappa shape index (κ1) is 16.3. The van der Waals surface area contributed by atoms with Crippen LogP contribution in [0.15, 0.2) is 40.9 Å². The second-order valence-electron chi connectivity index (χ2n) is 5.39. The van der Waals surface area contributed by atoms with Gasteiger partial charge >= 0.3 is 0 Å². The smallest absolute Gasteiger partial charge is 0.258 e. The summed E-state index contributed by atoms with van der Waals surface area (Å²) in [6.45, 7) is 1.24. The lowest BCUT2D eigenvalue weighted by Crippen LogP contribution is -2.42. The number of benzene rings is 2. The lowest BCUT2D eigenvalue weighted by molar-refractivity contribution is -0.115. The maximum atomic E-state index is 13.6. The van der Waals surface area contributed by atoms with E-state index in [1.54, 1.807) is 12.1 Å². The fraction of sp³-hybridized carbons (Fsp3) is 0.118. The molecule has 3 rings (SSSR count). The minimum absolute atomic E-state index is 0.123. The van der Waals surface area contributed by atoms with Crippen molar-refractivity contribution < 1.29 is 18.8 Å². The molecule has 2 amide bonds. The Kier molecular flexibility index (Phi) is 4.19. The zero-order valence-electron chi connectivity index (χ0n) is 12.6. The molecule has 0 spiro atoms. The predicted octanol–water partition coefficient (Wildman–Crippen LogP) is 3.39. The molecule has 5 nitrogen and oxygen atoms in total. The van der Waals surface area contributed by atoms with Gasteiger partial charge in [0, 0.05) is 15.6 Å². The van der Waals surface area contributed by atoms with E-state index in [1.165, 1.54) is 30.0 Å². The van der Waals surface area contributed by atoms with Crippen LogP contribution in [0.4, 0.5) is 15.8 Å². The summed E-state index contributed by atoms with van der Waals surface area (Å²) in [5.41, 5.74) is 1.39. The lowest BCUT2D eigenvalue weighted by atomic mass is 10.1. The van der Waals surface area contributed by atoms with Crippen LogP contribution in [0.3, 0.4) is 0 Å². The van der Waals surface area contributed by atoms with Gasteiger partial charge in [0.25, 0.3) is 5.91 Å². The number of fused-ring (bicyclic) bond motifs is 1. The van der Waals surface area contributed by atoms with Crippen LogP contribution < -0.4 is 10.2 Å². The van der Waals surface area contributed by atoms with E-state index < -0.39 is 11.7 Å². The van der Waals surface area contributed by atoms with Crippen molar-refractivity contribution in [3.63, 3.8) is 0 Å². The van der Waals surface area contributed by atoms with E-state index in [-0.39, 0.29) is 23.8 Å². The molecule has 0 aliphatic carbocycles. The SMILES string of the molecule is CC(=O)c1ccc2c(c1)NC(=O)CN2C(=O)c1cc(F)cc(Br)c1. The molecule has 122 valence electrons. The van der Waals surface area contributed by atoms with Gasteiger partial charge in [-0.1, -0.05) is 15.9 Å². The molecule has 1 N–H and O–H groups in total. The van der Waals surface area contributed by atoms with Crippen LogP contribution in [-0.4, -0.2) is 24.1 Å².